The fraction of sp³-hybridized carbons (Fsp3) is 0.133. The van der Waals surface area contributed by atoms with E-state index in [4.69, 9.17) is 16.7 Å². The number of aliphatic carboxylic acids is 1. The first kappa shape index (κ1) is 14.3. The van der Waals surface area contributed by atoms with Crippen LogP contribution in [0.3, 0.4) is 0 Å². The minimum absolute atomic E-state index is 0.286. The number of benzene rings is 2. The number of nitrogens with one attached hydrogen (secondary N) is 1. The van der Waals surface area contributed by atoms with E-state index < -0.39 is 17.7 Å². The van der Waals surface area contributed by atoms with Crippen molar-refractivity contribution in [2.24, 2.45) is 0 Å². The number of halogens is 2. The largest absolute Gasteiger partial charge is 0.481 e. The summed E-state index contributed by atoms with van der Waals surface area (Å²) in [7, 11) is 0. The number of rotatable bonds is 4. The molecule has 5 heteroatoms. The number of anilines is 2. The predicted octanol–water partition coefficient (Wildman–Crippen LogP) is 4.41. The van der Waals surface area contributed by atoms with E-state index in [1.165, 1.54) is 19.1 Å². The molecule has 0 saturated carbocycles. The summed E-state index contributed by atoms with van der Waals surface area (Å²) in [6, 6.07) is 11.2. The van der Waals surface area contributed by atoms with Crippen molar-refractivity contribution in [2.75, 3.05) is 5.32 Å². The van der Waals surface area contributed by atoms with Crippen molar-refractivity contribution in [3.05, 3.63) is 58.9 Å². The smallest absolute Gasteiger partial charge is 0.310 e. The van der Waals surface area contributed by atoms with Crippen molar-refractivity contribution in [2.45, 2.75) is 12.8 Å². The Morgan fingerprint density at radius 2 is 1.90 bits per heavy atom. The number of hydrogen-bond donors (Lipinski definition) is 2. The monoisotopic (exact) mass is 293 g/mol. The summed E-state index contributed by atoms with van der Waals surface area (Å²) < 4.78 is 14.0. The predicted molar refractivity (Wildman–Crippen MR) is 77.2 cm³/mol. The molecule has 0 fully saturated rings. The van der Waals surface area contributed by atoms with Crippen LogP contribution in [0, 0.1) is 5.82 Å². The fourth-order valence-corrected chi connectivity index (χ4v) is 1.86. The van der Waals surface area contributed by atoms with E-state index in [9.17, 15) is 9.18 Å². The Balaban J connectivity index is 2.21. The Morgan fingerprint density at radius 1 is 1.25 bits per heavy atom. The minimum Gasteiger partial charge on any atom is -0.481 e. The maximum absolute atomic E-state index is 14.0. The van der Waals surface area contributed by atoms with Crippen molar-refractivity contribution in [3.8, 4) is 0 Å². The lowest BCUT2D eigenvalue weighted by Crippen LogP contribution is -2.08. The number of carboxylic acids is 1. The van der Waals surface area contributed by atoms with E-state index in [0.717, 1.165) is 0 Å². The third-order valence-corrected chi connectivity index (χ3v) is 3.24. The zero-order valence-corrected chi connectivity index (χ0v) is 11.5. The van der Waals surface area contributed by atoms with Crippen LogP contribution >= 0.6 is 11.6 Å². The van der Waals surface area contributed by atoms with Crippen molar-refractivity contribution < 1.29 is 14.3 Å². The second kappa shape index (κ2) is 5.92. The summed E-state index contributed by atoms with van der Waals surface area (Å²) >= 11 is 5.77. The van der Waals surface area contributed by atoms with Crippen LogP contribution in [0.4, 0.5) is 15.8 Å². The molecular formula is C15H13ClFNO2. The molecule has 3 nitrogen and oxygen atoms in total. The number of carboxylic acid groups (broad SMARTS) is 1. The average Bonchev–Trinajstić information content (AvgIpc) is 2.42. The fourth-order valence-electron chi connectivity index (χ4n) is 1.73. The Morgan fingerprint density at radius 3 is 2.45 bits per heavy atom. The molecule has 0 heterocycles. The van der Waals surface area contributed by atoms with Gasteiger partial charge in [0.05, 0.1) is 11.6 Å². The van der Waals surface area contributed by atoms with E-state index in [2.05, 4.69) is 5.32 Å². The molecule has 20 heavy (non-hydrogen) atoms. The zero-order valence-electron chi connectivity index (χ0n) is 10.7. The molecule has 0 aliphatic rings. The Kier molecular flexibility index (Phi) is 4.25. The van der Waals surface area contributed by atoms with Crippen LogP contribution in [0.15, 0.2) is 42.5 Å². The first-order valence-corrected chi connectivity index (χ1v) is 6.40. The molecule has 2 rings (SSSR count). The summed E-state index contributed by atoms with van der Waals surface area (Å²) in [6.45, 7) is 1.52. The first-order chi connectivity index (χ1) is 9.47. The zero-order chi connectivity index (χ0) is 14.7. The first-order valence-electron chi connectivity index (χ1n) is 6.02. The van der Waals surface area contributed by atoms with Gasteiger partial charge in [0.2, 0.25) is 0 Å². The van der Waals surface area contributed by atoms with Gasteiger partial charge in [-0.25, -0.2) is 4.39 Å². The van der Waals surface area contributed by atoms with Gasteiger partial charge in [-0.2, -0.15) is 0 Å². The maximum atomic E-state index is 14.0. The maximum Gasteiger partial charge on any atom is 0.310 e. The van der Waals surface area contributed by atoms with Crippen molar-refractivity contribution in [1.82, 2.24) is 0 Å². The Labute approximate surface area is 121 Å². The Hall–Kier alpha value is -2.07. The third kappa shape index (κ3) is 3.27. The molecule has 0 aliphatic heterocycles. The highest BCUT2D eigenvalue weighted by atomic mass is 35.5. The van der Waals surface area contributed by atoms with Crippen LogP contribution in [0.5, 0.6) is 0 Å². The second-order valence-electron chi connectivity index (χ2n) is 4.43. The molecule has 2 aromatic carbocycles. The summed E-state index contributed by atoms with van der Waals surface area (Å²) in [5.74, 6) is -2.22. The van der Waals surface area contributed by atoms with Gasteiger partial charge < -0.3 is 10.4 Å². The summed E-state index contributed by atoms with van der Waals surface area (Å²) in [5.41, 5.74) is 1.41. The van der Waals surface area contributed by atoms with E-state index in [1.54, 1.807) is 30.3 Å². The van der Waals surface area contributed by atoms with Crippen LogP contribution in [-0.4, -0.2) is 11.1 Å². The van der Waals surface area contributed by atoms with Gasteiger partial charge in [-0.3, -0.25) is 4.79 Å². The Bertz CT molecular complexity index is 628. The van der Waals surface area contributed by atoms with Gasteiger partial charge >= 0.3 is 5.97 Å². The lowest BCUT2D eigenvalue weighted by Gasteiger charge is -2.11. The molecule has 0 radical (unpaired) electrons. The lowest BCUT2D eigenvalue weighted by atomic mass is 10.0. The molecule has 0 amide bonds. The van der Waals surface area contributed by atoms with Crippen LogP contribution in [-0.2, 0) is 4.79 Å². The molecule has 0 aliphatic carbocycles. The standard InChI is InChI=1S/C15H13ClFNO2/c1-9(15(19)20)10-2-7-14(13(17)8-10)18-12-5-3-11(16)4-6-12/h2-9,18H,1H3,(H,19,20). The summed E-state index contributed by atoms with van der Waals surface area (Å²) in [5, 5.41) is 12.4. The van der Waals surface area contributed by atoms with Gasteiger partial charge in [-0.1, -0.05) is 17.7 Å². The molecule has 0 aromatic heterocycles. The average molecular weight is 294 g/mol. The SMILES string of the molecule is CC(C(=O)O)c1ccc(Nc2ccc(Cl)cc2)c(F)c1. The van der Waals surface area contributed by atoms with Crippen molar-refractivity contribution in [1.29, 1.82) is 0 Å². The topological polar surface area (TPSA) is 49.3 Å². The molecule has 0 saturated heterocycles. The molecular weight excluding hydrogens is 281 g/mol. The molecule has 104 valence electrons. The molecule has 2 N–H and O–H groups in total. The summed E-state index contributed by atoms with van der Waals surface area (Å²) in [4.78, 5) is 10.9. The quantitative estimate of drug-likeness (QED) is 0.878. The van der Waals surface area contributed by atoms with E-state index in [1.807, 2.05) is 0 Å². The van der Waals surface area contributed by atoms with Crippen LogP contribution < -0.4 is 5.32 Å². The highest BCUT2D eigenvalue weighted by Crippen LogP contribution is 2.25. The van der Waals surface area contributed by atoms with Crippen LogP contribution in [0.2, 0.25) is 5.02 Å². The van der Waals surface area contributed by atoms with Gasteiger partial charge in [0.25, 0.3) is 0 Å². The highest BCUT2D eigenvalue weighted by molar-refractivity contribution is 6.30. The number of carbonyl (C=O) groups is 1. The minimum atomic E-state index is -0.984. The number of hydrogen-bond acceptors (Lipinski definition) is 2. The van der Waals surface area contributed by atoms with Gasteiger partial charge in [0.15, 0.2) is 0 Å². The van der Waals surface area contributed by atoms with Crippen molar-refractivity contribution in [3.63, 3.8) is 0 Å². The molecule has 1 atom stereocenters. The molecule has 0 bridgehead atoms. The van der Waals surface area contributed by atoms with Gasteiger partial charge in [-0.05, 0) is 48.9 Å². The third-order valence-electron chi connectivity index (χ3n) is 2.99. The van der Waals surface area contributed by atoms with Gasteiger partial charge in [0.1, 0.15) is 5.82 Å². The molecule has 1 unspecified atom stereocenters. The highest BCUT2D eigenvalue weighted by Gasteiger charge is 2.15. The van der Waals surface area contributed by atoms with E-state index in [-0.39, 0.29) is 5.69 Å². The van der Waals surface area contributed by atoms with E-state index >= 15 is 0 Å². The van der Waals surface area contributed by atoms with Crippen molar-refractivity contribution >= 4 is 28.9 Å². The summed E-state index contributed by atoms with van der Waals surface area (Å²) in [6.07, 6.45) is 0. The van der Waals surface area contributed by atoms with Crippen LogP contribution in [0.1, 0.15) is 18.4 Å². The lowest BCUT2D eigenvalue weighted by molar-refractivity contribution is -0.138. The van der Waals surface area contributed by atoms with Crippen LogP contribution in [0.25, 0.3) is 0 Å². The normalized spacial score (nSPS) is 11.9. The second-order valence-corrected chi connectivity index (χ2v) is 4.87. The van der Waals surface area contributed by atoms with Gasteiger partial charge in [-0.15, -0.1) is 0 Å². The van der Waals surface area contributed by atoms with Gasteiger partial charge in [0, 0.05) is 10.7 Å². The molecule has 0 spiro atoms. The molecule has 2 aromatic rings. The van der Waals surface area contributed by atoms with E-state index in [0.29, 0.717) is 16.3 Å².